The molecule has 0 bridgehead atoms. The number of aryl methyl sites for hydroxylation is 2. The predicted octanol–water partition coefficient (Wildman–Crippen LogP) is 5.01. The van der Waals surface area contributed by atoms with Crippen LogP contribution < -0.4 is 10.2 Å². The number of fused-ring (bicyclic) bond motifs is 2. The maximum atomic E-state index is 13.1. The Morgan fingerprint density at radius 2 is 1.84 bits per heavy atom. The Labute approximate surface area is 217 Å². The number of hydrogen-bond donors (Lipinski definition) is 1. The average Bonchev–Trinajstić information content (AvgIpc) is 3.60. The second kappa shape index (κ2) is 9.25. The van der Waals surface area contributed by atoms with Crippen LogP contribution in [0.2, 0.25) is 0 Å². The molecule has 1 aliphatic heterocycles. The molecule has 1 aliphatic rings. The van der Waals surface area contributed by atoms with Crippen LogP contribution in [0.5, 0.6) is 0 Å². The molecular formula is C28H24N6O2S. The van der Waals surface area contributed by atoms with Gasteiger partial charge in [-0.15, -0.1) is 16.4 Å². The van der Waals surface area contributed by atoms with Gasteiger partial charge >= 0.3 is 0 Å². The number of para-hydroxylation sites is 1. The van der Waals surface area contributed by atoms with Crippen molar-refractivity contribution in [1.82, 2.24) is 20.0 Å². The number of benzene rings is 3. The number of aromatic nitrogens is 4. The van der Waals surface area contributed by atoms with Crippen LogP contribution in [0.4, 0.5) is 10.8 Å². The number of carbonyl (C=O) groups excluding carboxylic acids is 2. The first-order valence-corrected chi connectivity index (χ1v) is 12.9. The average molecular weight is 509 g/mol. The SMILES string of the molecule is Cc1ccc(C(=O)N2CCc3cc(-c4nc(NC(=O)Cn5nnc6ccccc65)sc4C)ccc32)cc1. The standard InChI is InChI=1S/C28H24N6O2S/c1-17-7-9-19(10-8-17)27(36)33-14-13-20-15-21(11-12-23(20)33)26-18(2)37-28(30-26)29-25(35)16-34-24-6-4-3-5-22(24)31-32-34/h3-12,15H,13-14,16H2,1-2H3,(H,29,30,35). The molecule has 3 aromatic carbocycles. The summed E-state index contributed by atoms with van der Waals surface area (Å²) in [5, 5.41) is 11.6. The molecule has 0 atom stereocenters. The first-order valence-electron chi connectivity index (χ1n) is 12.0. The van der Waals surface area contributed by atoms with Crippen LogP contribution in [-0.4, -0.2) is 38.3 Å². The van der Waals surface area contributed by atoms with Gasteiger partial charge in [0.2, 0.25) is 5.91 Å². The van der Waals surface area contributed by atoms with E-state index >= 15 is 0 Å². The van der Waals surface area contributed by atoms with E-state index in [1.165, 1.54) is 11.3 Å². The zero-order valence-corrected chi connectivity index (χ0v) is 21.2. The Kier molecular flexibility index (Phi) is 5.77. The molecule has 1 N–H and O–H groups in total. The van der Waals surface area contributed by atoms with Crippen molar-refractivity contribution in [3.63, 3.8) is 0 Å². The first-order chi connectivity index (χ1) is 18.0. The molecule has 37 heavy (non-hydrogen) atoms. The lowest BCUT2D eigenvalue weighted by Gasteiger charge is -2.17. The molecule has 0 spiro atoms. The van der Waals surface area contributed by atoms with E-state index in [1.54, 1.807) is 4.68 Å². The number of amides is 2. The van der Waals surface area contributed by atoms with Crippen molar-refractivity contribution in [2.75, 3.05) is 16.8 Å². The summed E-state index contributed by atoms with van der Waals surface area (Å²) in [6.45, 7) is 4.71. The molecule has 0 radical (unpaired) electrons. The Balaban J connectivity index is 1.18. The Hall–Kier alpha value is -4.37. The third kappa shape index (κ3) is 4.38. The summed E-state index contributed by atoms with van der Waals surface area (Å²) in [5.74, 6) is -0.198. The highest BCUT2D eigenvalue weighted by Crippen LogP contribution is 2.36. The van der Waals surface area contributed by atoms with E-state index in [0.29, 0.717) is 17.2 Å². The van der Waals surface area contributed by atoms with Crippen LogP contribution in [0.3, 0.4) is 0 Å². The van der Waals surface area contributed by atoms with Crippen molar-refractivity contribution in [3.8, 4) is 11.3 Å². The van der Waals surface area contributed by atoms with Crippen molar-refractivity contribution in [2.45, 2.75) is 26.8 Å². The second-order valence-corrected chi connectivity index (χ2v) is 10.3. The third-order valence-electron chi connectivity index (χ3n) is 6.55. The van der Waals surface area contributed by atoms with Crippen molar-refractivity contribution in [3.05, 3.63) is 88.3 Å². The molecule has 3 heterocycles. The largest absolute Gasteiger partial charge is 0.308 e. The molecule has 0 fully saturated rings. The third-order valence-corrected chi connectivity index (χ3v) is 7.43. The van der Waals surface area contributed by atoms with E-state index in [9.17, 15) is 9.59 Å². The van der Waals surface area contributed by atoms with Crippen molar-refractivity contribution < 1.29 is 9.59 Å². The molecular weight excluding hydrogens is 484 g/mol. The van der Waals surface area contributed by atoms with Gasteiger partial charge in [-0.3, -0.25) is 9.59 Å². The monoisotopic (exact) mass is 508 g/mol. The van der Waals surface area contributed by atoms with E-state index in [2.05, 4.69) is 21.7 Å². The normalized spacial score (nSPS) is 12.6. The zero-order chi connectivity index (χ0) is 25.5. The lowest BCUT2D eigenvalue weighted by Crippen LogP contribution is -2.28. The van der Waals surface area contributed by atoms with Gasteiger partial charge in [-0.05, 0) is 62.2 Å². The smallest absolute Gasteiger partial charge is 0.258 e. The number of rotatable bonds is 5. The van der Waals surface area contributed by atoms with E-state index in [-0.39, 0.29) is 18.4 Å². The first kappa shape index (κ1) is 23.1. The Morgan fingerprint density at radius 3 is 2.68 bits per heavy atom. The lowest BCUT2D eigenvalue weighted by atomic mass is 10.1. The fourth-order valence-corrected chi connectivity index (χ4v) is 5.51. The van der Waals surface area contributed by atoms with Crippen molar-refractivity contribution in [1.29, 1.82) is 0 Å². The number of anilines is 2. The maximum absolute atomic E-state index is 13.1. The van der Waals surface area contributed by atoms with Crippen LogP contribution >= 0.6 is 11.3 Å². The molecule has 8 nitrogen and oxygen atoms in total. The van der Waals surface area contributed by atoms with Crippen LogP contribution in [0.1, 0.15) is 26.4 Å². The summed E-state index contributed by atoms with van der Waals surface area (Å²) < 4.78 is 1.58. The minimum absolute atomic E-state index is 0.0153. The van der Waals surface area contributed by atoms with E-state index in [4.69, 9.17) is 4.98 Å². The van der Waals surface area contributed by atoms with Gasteiger partial charge in [0.25, 0.3) is 5.91 Å². The number of thiazole rings is 1. The van der Waals surface area contributed by atoms with Crippen molar-refractivity contribution in [2.24, 2.45) is 0 Å². The lowest BCUT2D eigenvalue weighted by molar-refractivity contribution is -0.116. The topological polar surface area (TPSA) is 93.0 Å². The maximum Gasteiger partial charge on any atom is 0.258 e. The summed E-state index contributed by atoms with van der Waals surface area (Å²) in [6, 6.07) is 21.3. The van der Waals surface area contributed by atoms with E-state index in [1.807, 2.05) is 79.4 Å². The van der Waals surface area contributed by atoms with Gasteiger partial charge in [0, 0.05) is 28.2 Å². The summed E-state index contributed by atoms with van der Waals surface area (Å²) in [4.78, 5) is 33.3. The van der Waals surface area contributed by atoms with Gasteiger partial charge in [-0.1, -0.05) is 41.1 Å². The molecule has 0 saturated carbocycles. The fraction of sp³-hybridized carbons (Fsp3) is 0.179. The second-order valence-electron chi connectivity index (χ2n) is 9.12. The molecule has 2 aromatic heterocycles. The van der Waals surface area contributed by atoms with Gasteiger partial charge in [0.15, 0.2) is 5.13 Å². The van der Waals surface area contributed by atoms with Crippen LogP contribution in [-0.2, 0) is 17.8 Å². The van der Waals surface area contributed by atoms with E-state index < -0.39 is 0 Å². The van der Waals surface area contributed by atoms with Gasteiger partial charge in [-0.2, -0.15) is 0 Å². The number of carbonyl (C=O) groups is 2. The molecule has 0 saturated heterocycles. The fourth-order valence-electron chi connectivity index (χ4n) is 4.66. The Morgan fingerprint density at radius 1 is 1.03 bits per heavy atom. The van der Waals surface area contributed by atoms with Crippen LogP contribution in [0.15, 0.2) is 66.7 Å². The highest BCUT2D eigenvalue weighted by molar-refractivity contribution is 7.16. The molecule has 2 amide bonds. The van der Waals surface area contributed by atoms with Crippen LogP contribution in [0, 0.1) is 13.8 Å². The molecule has 0 aliphatic carbocycles. The quantitative estimate of drug-likeness (QED) is 0.360. The summed E-state index contributed by atoms with van der Waals surface area (Å²) in [6.07, 6.45) is 0.791. The molecule has 5 aromatic rings. The molecule has 0 unspecified atom stereocenters. The number of nitrogens with one attached hydrogen (secondary N) is 1. The molecule has 184 valence electrons. The predicted molar refractivity (Wildman–Crippen MR) is 145 cm³/mol. The molecule has 9 heteroatoms. The van der Waals surface area contributed by atoms with E-state index in [0.717, 1.165) is 50.4 Å². The van der Waals surface area contributed by atoms with Crippen molar-refractivity contribution >= 4 is 45.0 Å². The van der Waals surface area contributed by atoms with Crippen LogP contribution in [0.25, 0.3) is 22.3 Å². The summed E-state index contributed by atoms with van der Waals surface area (Å²) in [5.41, 5.74) is 7.24. The highest BCUT2D eigenvalue weighted by atomic mass is 32.1. The summed E-state index contributed by atoms with van der Waals surface area (Å²) >= 11 is 1.44. The Bertz CT molecular complexity index is 1650. The highest BCUT2D eigenvalue weighted by Gasteiger charge is 2.26. The van der Waals surface area contributed by atoms with Gasteiger partial charge in [0.05, 0.1) is 11.2 Å². The van der Waals surface area contributed by atoms with Gasteiger partial charge in [0.1, 0.15) is 12.1 Å². The zero-order valence-electron chi connectivity index (χ0n) is 20.4. The van der Waals surface area contributed by atoms with Gasteiger partial charge < -0.3 is 10.2 Å². The summed E-state index contributed by atoms with van der Waals surface area (Å²) in [7, 11) is 0. The number of hydrogen-bond acceptors (Lipinski definition) is 6. The minimum Gasteiger partial charge on any atom is -0.308 e. The number of nitrogens with zero attached hydrogens (tertiary/aromatic N) is 5. The molecule has 6 rings (SSSR count). The minimum atomic E-state index is -0.213. The van der Waals surface area contributed by atoms with Gasteiger partial charge in [-0.25, -0.2) is 9.67 Å².